The minimum atomic E-state index is -0.0899. The lowest BCUT2D eigenvalue weighted by Gasteiger charge is -2.20. The van der Waals surface area contributed by atoms with Gasteiger partial charge >= 0.3 is 6.03 Å². The number of benzene rings is 1. The third kappa shape index (κ3) is 4.44. The van der Waals surface area contributed by atoms with E-state index in [4.69, 9.17) is 5.73 Å². The molecule has 3 N–H and O–H groups in total. The summed E-state index contributed by atoms with van der Waals surface area (Å²) in [5.74, 6) is 0.459. The largest absolute Gasteiger partial charge is 0.327 e. The van der Waals surface area contributed by atoms with Gasteiger partial charge < -0.3 is 16.0 Å². The molecule has 0 saturated heterocycles. The van der Waals surface area contributed by atoms with E-state index in [-0.39, 0.29) is 6.03 Å². The molecule has 1 rings (SSSR count). The summed E-state index contributed by atoms with van der Waals surface area (Å²) in [7, 11) is 1.79. The molecule has 0 heterocycles. The number of nitrogens with two attached hydrogens (primary N) is 1. The molecule has 0 atom stereocenters. The molecule has 2 amide bonds. The maximum Gasteiger partial charge on any atom is 0.321 e. The van der Waals surface area contributed by atoms with E-state index in [1.807, 2.05) is 24.3 Å². The number of hydrogen-bond donors (Lipinski definition) is 2. The number of urea groups is 1. The zero-order valence-electron chi connectivity index (χ0n) is 10.7. The highest BCUT2D eigenvalue weighted by Gasteiger charge is 2.09. The van der Waals surface area contributed by atoms with Gasteiger partial charge in [0, 0.05) is 25.8 Å². The van der Waals surface area contributed by atoms with Gasteiger partial charge in [-0.1, -0.05) is 26.0 Å². The summed E-state index contributed by atoms with van der Waals surface area (Å²) in [6, 6.07) is 7.49. The number of nitrogens with one attached hydrogen (secondary N) is 1. The Labute approximate surface area is 103 Å². The van der Waals surface area contributed by atoms with Gasteiger partial charge in [-0.15, -0.1) is 0 Å². The van der Waals surface area contributed by atoms with Crippen molar-refractivity contribution in [1.82, 2.24) is 4.90 Å². The van der Waals surface area contributed by atoms with Crippen LogP contribution in [0.25, 0.3) is 0 Å². The molecule has 94 valence electrons. The average Bonchev–Trinajstić information content (AvgIpc) is 2.28. The van der Waals surface area contributed by atoms with E-state index >= 15 is 0 Å². The minimum Gasteiger partial charge on any atom is -0.327 e. The summed E-state index contributed by atoms with van der Waals surface area (Å²) in [5.41, 5.74) is 7.35. The van der Waals surface area contributed by atoms with Crippen molar-refractivity contribution in [3.05, 3.63) is 29.8 Å². The average molecular weight is 235 g/mol. The second kappa shape index (κ2) is 6.25. The predicted octanol–water partition coefficient (Wildman–Crippen LogP) is 2.26. The lowest BCUT2D eigenvalue weighted by Crippen LogP contribution is -2.34. The fourth-order valence-corrected chi connectivity index (χ4v) is 1.63. The second-order valence-corrected chi connectivity index (χ2v) is 4.61. The van der Waals surface area contributed by atoms with Crippen molar-refractivity contribution in [2.24, 2.45) is 11.7 Å². The van der Waals surface area contributed by atoms with E-state index in [0.717, 1.165) is 17.8 Å². The summed E-state index contributed by atoms with van der Waals surface area (Å²) in [6.07, 6.45) is 0. The molecule has 0 saturated carbocycles. The monoisotopic (exact) mass is 235 g/mol. The van der Waals surface area contributed by atoms with Crippen molar-refractivity contribution in [2.45, 2.75) is 20.4 Å². The van der Waals surface area contributed by atoms with Crippen LogP contribution in [0.2, 0.25) is 0 Å². The summed E-state index contributed by atoms with van der Waals surface area (Å²) in [6.45, 7) is 5.38. The van der Waals surface area contributed by atoms with E-state index in [1.165, 1.54) is 0 Å². The van der Waals surface area contributed by atoms with Crippen LogP contribution in [-0.4, -0.2) is 24.5 Å². The zero-order chi connectivity index (χ0) is 12.8. The van der Waals surface area contributed by atoms with Gasteiger partial charge in [-0.2, -0.15) is 0 Å². The Morgan fingerprint density at radius 1 is 1.47 bits per heavy atom. The molecule has 0 unspecified atom stereocenters. The summed E-state index contributed by atoms with van der Waals surface area (Å²) >= 11 is 0. The molecule has 1 aromatic rings. The zero-order valence-corrected chi connectivity index (χ0v) is 10.7. The molecule has 0 aromatic heterocycles. The van der Waals surface area contributed by atoms with Gasteiger partial charge in [0.15, 0.2) is 0 Å². The molecular weight excluding hydrogens is 214 g/mol. The van der Waals surface area contributed by atoms with Gasteiger partial charge in [-0.25, -0.2) is 4.79 Å². The number of nitrogens with zero attached hydrogens (tertiary/aromatic N) is 1. The summed E-state index contributed by atoms with van der Waals surface area (Å²) in [4.78, 5) is 13.5. The first-order valence-corrected chi connectivity index (χ1v) is 5.84. The van der Waals surface area contributed by atoms with Crippen LogP contribution in [0.15, 0.2) is 24.3 Å². The number of amides is 2. The summed E-state index contributed by atoms with van der Waals surface area (Å²) in [5, 5.41) is 2.85. The number of carbonyl (C=O) groups excluding carboxylic acids is 1. The molecule has 17 heavy (non-hydrogen) atoms. The van der Waals surface area contributed by atoms with Crippen molar-refractivity contribution in [3.8, 4) is 0 Å². The van der Waals surface area contributed by atoms with Crippen LogP contribution >= 0.6 is 0 Å². The van der Waals surface area contributed by atoms with Crippen LogP contribution in [0.1, 0.15) is 19.4 Å². The first-order chi connectivity index (χ1) is 8.02. The minimum absolute atomic E-state index is 0.0899. The Balaban J connectivity index is 2.61. The third-order valence-corrected chi connectivity index (χ3v) is 2.40. The van der Waals surface area contributed by atoms with Gasteiger partial charge in [0.25, 0.3) is 0 Å². The van der Waals surface area contributed by atoms with Crippen molar-refractivity contribution < 1.29 is 4.79 Å². The molecular formula is C13H21N3O. The number of carbonyl (C=O) groups is 1. The Bertz CT molecular complexity index is 377. The number of rotatable bonds is 4. The molecule has 0 radical (unpaired) electrons. The maximum atomic E-state index is 11.8. The standard InChI is InChI=1S/C13H21N3O/c1-10(2)9-16(3)13(17)15-12-6-4-5-11(7-12)8-14/h4-7,10H,8-9,14H2,1-3H3,(H,15,17). The maximum absolute atomic E-state index is 11.8. The van der Waals surface area contributed by atoms with Gasteiger partial charge in [0.2, 0.25) is 0 Å². The molecule has 0 bridgehead atoms. The smallest absolute Gasteiger partial charge is 0.321 e. The summed E-state index contributed by atoms with van der Waals surface area (Å²) < 4.78 is 0. The quantitative estimate of drug-likeness (QED) is 0.841. The van der Waals surface area contributed by atoms with Crippen LogP contribution in [-0.2, 0) is 6.54 Å². The van der Waals surface area contributed by atoms with Crippen LogP contribution in [0.4, 0.5) is 10.5 Å². The first-order valence-electron chi connectivity index (χ1n) is 5.84. The molecule has 0 spiro atoms. The Kier molecular flexibility index (Phi) is 4.97. The second-order valence-electron chi connectivity index (χ2n) is 4.61. The Morgan fingerprint density at radius 3 is 2.76 bits per heavy atom. The van der Waals surface area contributed by atoms with Crippen molar-refractivity contribution in [3.63, 3.8) is 0 Å². The van der Waals surface area contributed by atoms with Gasteiger partial charge in [0.1, 0.15) is 0 Å². The van der Waals surface area contributed by atoms with E-state index in [2.05, 4.69) is 19.2 Å². The van der Waals surface area contributed by atoms with Gasteiger partial charge in [-0.05, 0) is 23.6 Å². The highest BCUT2D eigenvalue weighted by atomic mass is 16.2. The Hall–Kier alpha value is -1.55. The normalized spacial score (nSPS) is 10.4. The number of hydrogen-bond acceptors (Lipinski definition) is 2. The van der Waals surface area contributed by atoms with Crippen LogP contribution < -0.4 is 11.1 Å². The van der Waals surface area contributed by atoms with Gasteiger partial charge in [0.05, 0.1) is 0 Å². The van der Waals surface area contributed by atoms with E-state index in [9.17, 15) is 4.79 Å². The van der Waals surface area contributed by atoms with E-state index in [0.29, 0.717) is 12.5 Å². The highest BCUT2D eigenvalue weighted by Crippen LogP contribution is 2.11. The van der Waals surface area contributed by atoms with E-state index in [1.54, 1.807) is 11.9 Å². The fourth-order valence-electron chi connectivity index (χ4n) is 1.63. The number of anilines is 1. The SMILES string of the molecule is CC(C)CN(C)C(=O)Nc1cccc(CN)c1. The molecule has 4 heteroatoms. The van der Waals surface area contributed by atoms with E-state index < -0.39 is 0 Å². The molecule has 1 aromatic carbocycles. The van der Waals surface area contributed by atoms with Crippen molar-refractivity contribution in [1.29, 1.82) is 0 Å². The van der Waals surface area contributed by atoms with Crippen molar-refractivity contribution >= 4 is 11.7 Å². The van der Waals surface area contributed by atoms with Crippen LogP contribution in [0.5, 0.6) is 0 Å². The molecule has 0 aliphatic heterocycles. The van der Waals surface area contributed by atoms with Gasteiger partial charge in [-0.3, -0.25) is 0 Å². The predicted molar refractivity (Wildman–Crippen MR) is 70.8 cm³/mol. The molecule has 0 aliphatic carbocycles. The Morgan fingerprint density at radius 2 is 2.18 bits per heavy atom. The molecule has 4 nitrogen and oxygen atoms in total. The van der Waals surface area contributed by atoms with Crippen LogP contribution in [0.3, 0.4) is 0 Å². The van der Waals surface area contributed by atoms with Crippen LogP contribution in [0, 0.1) is 5.92 Å². The lowest BCUT2D eigenvalue weighted by atomic mass is 10.2. The highest BCUT2D eigenvalue weighted by molar-refractivity contribution is 5.89. The topological polar surface area (TPSA) is 58.4 Å². The van der Waals surface area contributed by atoms with Crippen molar-refractivity contribution in [2.75, 3.05) is 18.9 Å². The fraction of sp³-hybridized carbons (Fsp3) is 0.462. The lowest BCUT2D eigenvalue weighted by molar-refractivity contribution is 0.217. The third-order valence-electron chi connectivity index (χ3n) is 2.40. The molecule has 0 aliphatic rings. The molecule has 0 fully saturated rings. The first kappa shape index (κ1) is 13.5.